The molecule has 118 valence electrons. The van der Waals surface area contributed by atoms with Gasteiger partial charge in [-0.05, 0) is 31.0 Å². The van der Waals surface area contributed by atoms with Crippen LogP contribution in [-0.4, -0.2) is 20.9 Å². The monoisotopic (exact) mass is 338 g/mol. The third kappa shape index (κ3) is 3.80. The van der Waals surface area contributed by atoms with Crippen LogP contribution >= 0.6 is 11.3 Å². The van der Waals surface area contributed by atoms with E-state index < -0.39 is 11.9 Å². The van der Waals surface area contributed by atoms with Gasteiger partial charge in [0.2, 0.25) is 5.95 Å². The summed E-state index contributed by atoms with van der Waals surface area (Å²) in [6.07, 6.45) is 4.33. The zero-order chi connectivity index (χ0) is 16.9. The van der Waals surface area contributed by atoms with Gasteiger partial charge in [-0.3, -0.25) is 9.78 Å². The van der Waals surface area contributed by atoms with Gasteiger partial charge in [-0.25, -0.2) is 9.97 Å². The molecular weight excluding hydrogens is 327 g/mol. The Morgan fingerprint density at radius 3 is 2.92 bits per heavy atom. The van der Waals surface area contributed by atoms with Crippen LogP contribution in [-0.2, 0) is 0 Å². The van der Waals surface area contributed by atoms with Crippen molar-refractivity contribution in [2.75, 3.05) is 5.32 Å². The number of aromatic nitrogens is 3. The Bertz CT molecular complexity index is 944. The standard InChI is InChI=1S/C17H11FN4OS/c1-11-21-14(10-24-11)5-4-12-7-15(16(18)20-8-12)17(23)22-13-3-2-6-19-9-13/h2-3,6-10H,1H3,(H,22,23). The van der Waals surface area contributed by atoms with E-state index in [1.165, 1.54) is 29.8 Å². The second kappa shape index (κ2) is 6.98. The molecular formula is C17H11FN4OS. The van der Waals surface area contributed by atoms with Crippen molar-refractivity contribution in [3.8, 4) is 11.8 Å². The van der Waals surface area contributed by atoms with E-state index >= 15 is 0 Å². The molecule has 0 fully saturated rings. The van der Waals surface area contributed by atoms with Crippen molar-refractivity contribution in [1.29, 1.82) is 0 Å². The molecule has 1 amide bonds. The molecule has 0 aromatic carbocycles. The molecule has 1 N–H and O–H groups in total. The minimum Gasteiger partial charge on any atom is -0.320 e. The number of anilines is 1. The molecule has 3 aromatic rings. The fourth-order valence-corrected chi connectivity index (χ4v) is 2.41. The zero-order valence-electron chi connectivity index (χ0n) is 12.6. The lowest BCUT2D eigenvalue weighted by Crippen LogP contribution is -2.15. The van der Waals surface area contributed by atoms with Gasteiger partial charge >= 0.3 is 0 Å². The molecule has 3 rings (SSSR count). The van der Waals surface area contributed by atoms with Crippen molar-refractivity contribution in [3.63, 3.8) is 0 Å². The third-order valence-corrected chi connectivity index (χ3v) is 3.73. The van der Waals surface area contributed by atoms with Crippen molar-refractivity contribution in [1.82, 2.24) is 15.0 Å². The first-order valence-electron chi connectivity index (χ1n) is 6.93. The Labute approximate surface area is 141 Å². The molecule has 0 aliphatic heterocycles. The summed E-state index contributed by atoms with van der Waals surface area (Å²) in [5.74, 6) is 4.23. The van der Waals surface area contributed by atoms with Crippen LogP contribution in [0.2, 0.25) is 0 Å². The molecule has 0 aliphatic carbocycles. The molecule has 3 aromatic heterocycles. The fourth-order valence-electron chi connectivity index (χ4n) is 1.87. The van der Waals surface area contributed by atoms with E-state index in [2.05, 4.69) is 32.1 Å². The van der Waals surface area contributed by atoms with Gasteiger partial charge < -0.3 is 5.32 Å². The van der Waals surface area contributed by atoms with Crippen LogP contribution in [0.1, 0.15) is 26.6 Å². The van der Waals surface area contributed by atoms with Crippen LogP contribution in [0.15, 0.2) is 42.2 Å². The number of pyridine rings is 2. The molecule has 0 aliphatic rings. The van der Waals surface area contributed by atoms with Crippen LogP contribution in [0, 0.1) is 24.7 Å². The van der Waals surface area contributed by atoms with E-state index in [-0.39, 0.29) is 5.56 Å². The maximum absolute atomic E-state index is 13.8. The van der Waals surface area contributed by atoms with Gasteiger partial charge in [0.1, 0.15) is 5.69 Å². The number of carbonyl (C=O) groups excluding carboxylic acids is 1. The number of thiazole rings is 1. The summed E-state index contributed by atoms with van der Waals surface area (Å²) in [6.45, 7) is 1.89. The van der Waals surface area contributed by atoms with Gasteiger partial charge in [-0.15, -0.1) is 11.3 Å². The van der Waals surface area contributed by atoms with Gasteiger partial charge in [0.15, 0.2) is 0 Å². The quantitative estimate of drug-likeness (QED) is 0.576. The molecule has 24 heavy (non-hydrogen) atoms. The van der Waals surface area contributed by atoms with Crippen molar-refractivity contribution in [3.05, 3.63) is 69.9 Å². The van der Waals surface area contributed by atoms with E-state index in [9.17, 15) is 9.18 Å². The number of amides is 1. The van der Waals surface area contributed by atoms with Crippen molar-refractivity contribution < 1.29 is 9.18 Å². The van der Waals surface area contributed by atoms with Crippen molar-refractivity contribution >= 4 is 22.9 Å². The lowest BCUT2D eigenvalue weighted by molar-refractivity contribution is 0.102. The topological polar surface area (TPSA) is 67.8 Å². The Balaban J connectivity index is 1.84. The van der Waals surface area contributed by atoms with E-state index in [4.69, 9.17) is 0 Å². The number of nitrogens with zero attached hydrogens (tertiary/aromatic N) is 3. The molecule has 5 nitrogen and oxygen atoms in total. The highest BCUT2D eigenvalue weighted by atomic mass is 32.1. The zero-order valence-corrected chi connectivity index (χ0v) is 13.4. The van der Waals surface area contributed by atoms with Crippen LogP contribution in [0.3, 0.4) is 0 Å². The maximum Gasteiger partial charge on any atom is 0.260 e. The molecule has 0 saturated heterocycles. The first kappa shape index (κ1) is 15.8. The average molecular weight is 338 g/mol. The summed E-state index contributed by atoms with van der Waals surface area (Å²) in [5.41, 5.74) is 1.35. The summed E-state index contributed by atoms with van der Waals surface area (Å²) in [5, 5.41) is 5.30. The van der Waals surface area contributed by atoms with Crippen molar-refractivity contribution in [2.24, 2.45) is 0 Å². The highest BCUT2D eigenvalue weighted by Crippen LogP contribution is 2.12. The number of aryl methyl sites for hydroxylation is 1. The second-order valence-electron chi connectivity index (χ2n) is 4.76. The van der Waals surface area contributed by atoms with Crippen LogP contribution in [0.25, 0.3) is 0 Å². The average Bonchev–Trinajstić information content (AvgIpc) is 3.00. The molecule has 0 bridgehead atoms. The minimum atomic E-state index is -0.855. The van der Waals surface area contributed by atoms with Crippen molar-refractivity contribution in [2.45, 2.75) is 6.92 Å². The minimum absolute atomic E-state index is 0.180. The predicted octanol–water partition coefficient (Wildman–Crippen LogP) is 3.03. The number of hydrogen-bond acceptors (Lipinski definition) is 5. The second-order valence-corrected chi connectivity index (χ2v) is 5.82. The molecule has 0 saturated carbocycles. The number of carbonyl (C=O) groups is 1. The lowest BCUT2D eigenvalue weighted by Gasteiger charge is -2.05. The smallest absolute Gasteiger partial charge is 0.260 e. The fraction of sp³-hybridized carbons (Fsp3) is 0.0588. The Morgan fingerprint density at radius 1 is 1.33 bits per heavy atom. The summed E-state index contributed by atoms with van der Waals surface area (Å²) >= 11 is 1.49. The van der Waals surface area contributed by atoms with Gasteiger partial charge in [0.05, 0.1) is 22.5 Å². The summed E-state index contributed by atoms with van der Waals surface area (Å²) in [4.78, 5) is 23.9. The number of nitrogens with one attached hydrogen (secondary N) is 1. The number of hydrogen-bond donors (Lipinski definition) is 1. The molecule has 0 radical (unpaired) electrons. The van der Waals surface area contributed by atoms with Crippen LogP contribution in [0.4, 0.5) is 10.1 Å². The Morgan fingerprint density at radius 2 is 2.21 bits per heavy atom. The van der Waals surface area contributed by atoms with E-state index in [0.29, 0.717) is 16.9 Å². The highest BCUT2D eigenvalue weighted by Gasteiger charge is 2.14. The first-order valence-corrected chi connectivity index (χ1v) is 7.81. The predicted molar refractivity (Wildman–Crippen MR) is 89.2 cm³/mol. The summed E-state index contributed by atoms with van der Waals surface area (Å²) in [6, 6.07) is 4.69. The molecule has 0 spiro atoms. The first-order chi connectivity index (χ1) is 11.6. The summed E-state index contributed by atoms with van der Waals surface area (Å²) in [7, 11) is 0. The third-order valence-electron chi connectivity index (χ3n) is 2.96. The van der Waals surface area contributed by atoms with Crippen LogP contribution in [0.5, 0.6) is 0 Å². The number of rotatable bonds is 2. The van der Waals surface area contributed by atoms with E-state index in [0.717, 1.165) is 5.01 Å². The van der Waals surface area contributed by atoms with E-state index in [1.807, 2.05) is 12.3 Å². The maximum atomic E-state index is 13.8. The molecule has 7 heteroatoms. The lowest BCUT2D eigenvalue weighted by atomic mass is 10.2. The van der Waals surface area contributed by atoms with Gasteiger partial charge in [-0.2, -0.15) is 4.39 Å². The Hall–Kier alpha value is -3.11. The number of halogens is 1. The SMILES string of the molecule is Cc1nc(C#Cc2cnc(F)c(C(=O)Nc3cccnc3)c2)cs1. The van der Waals surface area contributed by atoms with Gasteiger partial charge in [0, 0.05) is 23.3 Å². The van der Waals surface area contributed by atoms with Gasteiger partial charge in [0.25, 0.3) is 5.91 Å². The van der Waals surface area contributed by atoms with E-state index in [1.54, 1.807) is 18.3 Å². The van der Waals surface area contributed by atoms with Gasteiger partial charge in [-0.1, -0.05) is 5.92 Å². The van der Waals surface area contributed by atoms with Crippen LogP contribution < -0.4 is 5.32 Å². The summed E-state index contributed by atoms with van der Waals surface area (Å²) < 4.78 is 13.8. The molecule has 0 atom stereocenters. The largest absolute Gasteiger partial charge is 0.320 e. The normalized spacial score (nSPS) is 9.92. The molecule has 3 heterocycles. The highest BCUT2D eigenvalue weighted by molar-refractivity contribution is 7.09. The Kier molecular flexibility index (Phi) is 4.59. The molecule has 0 unspecified atom stereocenters.